The number of rotatable bonds is 5. The lowest BCUT2D eigenvalue weighted by atomic mass is 9.97. The molecule has 0 spiro atoms. The van der Waals surface area contributed by atoms with Crippen LogP contribution in [0.25, 0.3) is 0 Å². The topological polar surface area (TPSA) is 58.6 Å². The first-order valence-electron chi connectivity index (χ1n) is 7.84. The Balaban J connectivity index is 1.89. The van der Waals surface area contributed by atoms with E-state index < -0.39 is 0 Å². The molecule has 5 heteroatoms. The van der Waals surface area contributed by atoms with Crippen molar-refractivity contribution < 1.29 is 14.3 Å². The van der Waals surface area contributed by atoms with Crippen molar-refractivity contribution in [2.75, 3.05) is 25.0 Å². The van der Waals surface area contributed by atoms with Gasteiger partial charge in [0.1, 0.15) is 0 Å². The van der Waals surface area contributed by atoms with Gasteiger partial charge >= 0.3 is 5.97 Å². The van der Waals surface area contributed by atoms with Crippen molar-refractivity contribution in [3.63, 3.8) is 0 Å². The van der Waals surface area contributed by atoms with Crippen molar-refractivity contribution in [3.05, 3.63) is 29.8 Å². The van der Waals surface area contributed by atoms with Crippen LogP contribution in [-0.2, 0) is 20.9 Å². The van der Waals surface area contributed by atoms with Gasteiger partial charge < -0.3 is 10.1 Å². The molecule has 1 atom stereocenters. The highest BCUT2D eigenvalue weighted by Gasteiger charge is 2.26. The van der Waals surface area contributed by atoms with Crippen molar-refractivity contribution in [1.29, 1.82) is 0 Å². The largest absolute Gasteiger partial charge is 0.466 e. The number of carbonyl (C=O) groups is 2. The number of ether oxygens (including phenoxy) is 1. The lowest BCUT2D eigenvalue weighted by Gasteiger charge is -2.31. The number of nitrogens with zero attached hydrogens (tertiary/aromatic N) is 1. The summed E-state index contributed by atoms with van der Waals surface area (Å²) in [4.78, 5) is 25.1. The van der Waals surface area contributed by atoms with Crippen molar-refractivity contribution >= 4 is 17.6 Å². The molecule has 1 saturated heterocycles. The van der Waals surface area contributed by atoms with Gasteiger partial charge in [0.15, 0.2) is 0 Å². The molecule has 0 aliphatic carbocycles. The SMILES string of the molecule is CCOC(=O)[C@H]1CCCN(Cc2ccc(NC(C)=O)cc2)C1. The summed E-state index contributed by atoms with van der Waals surface area (Å²) in [6.45, 7) is 6.36. The Morgan fingerprint density at radius 1 is 1.32 bits per heavy atom. The van der Waals surface area contributed by atoms with Gasteiger partial charge in [-0.3, -0.25) is 14.5 Å². The monoisotopic (exact) mass is 304 g/mol. The molecule has 0 radical (unpaired) electrons. The zero-order valence-electron chi connectivity index (χ0n) is 13.3. The van der Waals surface area contributed by atoms with Crippen LogP contribution in [0, 0.1) is 5.92 Å². The van der Waals surface area contributed by atoms with Crippen LogP contribution < -0.4 is 5.32 Å². The summed E-state index contributed by atoms with van der Waals surface area (Å²) < 4.78 is 5.13. The highest BCUT2D eigenvalue weighted by atomic mass is 16.5. The number of anilines is 1. The van der Waals surface area contributed by atoms with Crippen molar-refractivity contribution in [2.24, 2.45) is 5.92 Å². The number of amides is 1. The van der Waals surface area contributed by atoms with Gasteiger partial charge in [0.2, 0.25) is 5.91 Å². The summed E-state index contributed by atoms with van der Waals surface area (Å²) in [5.41, 5.74) is 1.98. The average molecular weight is 304 g/mol. The van der Waals surface area contributed by atoms with Crippen LogP contribution in [0.1, 0.15) is 32.3 Å². The Hall–Kier alpha value is -1.88. The highest BCUT2D eigenvalue weighted by Crippen LogP contribution is 2.20. The maximum absolute atomic E-state index is 11.9. The molecule has 120 valence electrons. The van der Waals surface area contributed by atoms with Gasteiger partial charge in [-0.1, -0.05) is 12.1 Å². The number of hydrogen-bond donors (Lipinski definition) is 1. The maximum Gasteiger partial charge on any atom is 0.310 e. The highest BCUT2D eigenvalue weighted by molar-refractivity contribution is 5.88. The van der Waals surface area contributed by atoms with Crippen molar-refractivity contribution in [1.82, 2.24) is 4.90 Å². The van der Waals surface area contributed by atoms with Crippen LogP contribution >= 0.6 is 0 Å². The number of likely N-dealkylation sites (tertiary alicyclic amines) is 1. The first-order valence-corrected chi connectivity index (χ1v) is 7.84. The summed E-state index contributed by atoms with van der Waals surface area (Å²) in [6, 6.07) is 7.84. The Kier molecular flexibility index (Phi) is 5.95. The Labute approximate surface area is 131 Å². The Morgan fingerprint density at radius 3 is 2.68 bits per heavy atom. The molecule has 1 aromatic rings. The van der Waals surface area contributed by atoms with E-state index in [1.165, 1.54) is 12.5 Å². The Bertz CT molecular complexity index is 513. The third kappa shape index (κ3) is 4.84. The molecule has 1 aromatic carbocycles. The molecule has 1 heterocycles. The predicted molar refractivity (Wildman–Crippen MR) is 85.4 cm³/mol. The zero-order chi connectivity index (χ0) is 15.9. The minimum Gasteiger partial charge on any atom is -0.466 e. The van der Waals surface area contributed by atoms with E-state index in [1.807, 2.05) is 31.2 Å². The molecule has 1 aliphatic heterocycles. The first-order chi connectivity index (χ1) is 10.6. The number of esters is 1. The van der Waals surface area contributed by atoms with Crippen molar-refractivity contribution in [3.8, 4) is 0 Å². The van der Waals surface area contributed by atoms with Crippen LogP contribution in [0.2, 0.25) is 0 Å². The molecule has 1 amide bonds. The molecule has 5 nitrogen and oxygen atoms in total. The standard InChI is InChI=1S/C17H24N2O3/c1-3-22-17(21)15-5-4-10-19(12-15)11-14-6-8-16(9-7-14)18-13(2)20/h6-9,15H,3-5,10-12H2,1-2H3,(H,18,20)/t15-/m0/s1. The van der Waals surface area contributed by atoms with Gasteiger partial charge in [0.25, 0.3) is 0 Å². The molecule has 0 bridgehead atoms. The van der Waals surface area contributed by atoms with E-state index in [4.69, 9.17) is 4.74 Å². The summed E-state index contributed by atoms with van der Waals surface area (Å²) in [6.07, 6.45) is 1.93. The number of piperidine rings is 1. The molecular weight excluding hydrogens is 280 g/mol. The first kappa shape index (κ1) is 16.5. The summed E-state index contributed by atoms with van der Waals surface area (Å²) >= 11 is 0. The van der Waals surface area contributed by atoms with E-state index >= 15 is 0 Å². The molecule has 2 rings (SSSR count). The van der Waals surface area contributed by atoms with Gasteiger partial charge in [-0.05, 0) is 44.0 Å². The molecule has 1 aliphatic rings. The predicted octanol–water partition coefficient (Wildman–Crippen LogP) is 2.42. The number of hydrogen-bond acceptors (Lipinski definition) is 4. The van der Waals surface area contributed by atoms with E-state index in [0.29, 0.717) is 6.61 Å². The van der Waals surface area contributed by atoms with Gasteiger partial charge in [-0.2, -0.15) is 0 Å². The fourth-order valence-corrected chi connectivity index (χ4v) is 2.81. The number of benzene rings is 1. The van der Waals surface area contributed by atoms with E-state index in [1.54, 1.807) is 0 Å². The molecular formula is C17H24N2O3. The van der Waals surface area contributed by atoms with Crippen molar-refractivity contribution in [2.45, 2.75) is 33.2 Å². The normalized spacial score (nSPS) is 18.7. The molecule has 1 N–H and O–H groups in total. The smallest absolute Gasteiger partial charge is 0.310 e. The van der Waals surface area contributed by atoms with E-state index in [9.17, 15) is 9.59 Å². The summed E-state index contributed by atoms with van der Waals surface area (Å²) in [5, 5.41) is 2.76. The lowest BCUT2D eigenvalue weighted by molar-refractivity contribution is -0.150. The van der Waals surface area contributed by atoms with Crippen LogP contribution in [0.15, 0.2) is 24.3 Å². The fourth-order valence-electron chi connectivity index (χ4n) is 2.81. The summed E-state index contributed by atoms with van der Waals surface area (Å²) in [5.74, 6) is -0.151. The van der Waals surface area contributed by atoms with Gasteiger partial charge in [0, 0.05) is 25.7 Å². The zero-order valence-corrected chi connectivity index (χ0v) is 13.3. The number of carbonyl (C=O) groups excluding carboxylic acids is 2. The van der Waals surface area contributed by atoms with Gasteiger partial charge in [0.05, 0.1) is 12.5 Å². The second kappa shape index (κ2) is 7.94. The molecule has 0 unspecified atom stereocenters. The molecule has 22 heavy (non-hydrogen) atoms. The molecule has 1 fully saturated rings. The second-order valence-corrected chi connectivity index (χ2v) is 5.70. The second-order valence-electron chi connectivity index (χ2n) is 5.70. The Morgan fingerprint density at radius 2 is 2.05 bits per heavy atom. The van der Waals surface area contributed by atoms with Crippen LogP contribution in [0.5, 0.6) is 0 Å². The third-order valence-corrected chi connectivity index (χ3v) is 3.81. The van der Waals surface area contributed by atoms with Crippen LogP contribution in [-0.4, -0.2) is 36.5 Å². The number of nitrogens with one attached hydrogen (secondary N) is 1. The quantitative estimate of drug-likeness (QED) is 0.849. The maximum atomic E-state index is 11.9. The van der Waals surface area contributed by atoms with Crippen LogP contribution in [0.3, 0.4) is 0 Å². The third-order valence-electron chi connectivity index (χ3n) is 3.81. The van der Waals surface area contributed by atoms with Crippen LogP contribution in [0.4, 0.5) is 5.69 Å². The molecule has 0 saturated carbocycles. The minimum atomic E-state index is -0.0757. The van der Waals surface area contributed by atoms with E-state index in [2.05, 4.69) is 10.2 Å². The van der Waals surface area contributed by atoms with E-state index in [0.717, 1.165) is 38.2 Å². The van der Waals surface area contributed by atoms with E-state index in [-0.39, 0.29) is 17.8 Å². The van der Waals surface area contributed by atoms with Gasteiger partial charge in [-0.15, -0.1) is 0 Å². The minimum absolute atomic E-state index is 0.00708. The van der Waals surface area contributed by atoms with Gasteiger partial charge in [-0.25, -0.2) is 0 Å². The summed E-state index contributed by atoms with van der Waals surface area (Å²) in [7, 11) is 0. The lowest BCUT2D eigenvalue weighted by Crippen LogP contribution is -2.38. The average Bonchev–Trinajstić information content (AvgIpc) is 2.49. The fraction of sp³-hybridized carbons (Fsp3) is 0.529. The molecule has 0 aromatic heterocycles.